The number of thiophene rings is 1. The van der Waals surface area contributed by atoms with Gasteiger partial charge >= 0.3 is 6.03 Å². The number of nitrogens with one attached hydrogen (secondary N) is 1. The minimum absolute atomic E-state index is 0.0786. The molecule has 0 aliphatic rings. The molecule has 2 rings (SSSR count). The Morgan fingerprint density at radius 3 is 3.12 bits per heavy atom. The molecule has 1 unspecified atom stereocenters. The number of imidazole rings is 1. The molecular formula is C11H13N3OS. The molecule has 84 valence electrons. The van der Waals surface area contributed by atoms with E-state index in [4.69, 9.17) is 0 Å². The molecule has 0 radical (unpaired) electrons. The molecule has 2 aromatic heterocycles. The second-order valence-electron chi connectivity index (χ2n) is 3.40. The molecule has 5 heteroatoms. The van der Waals surface area contributed by atoms with E-state index >= 15 is 0 Å². The van der Waals surface area contributed by atoms with E-state index in [1.165, 1.54) is 15.8 Å². The SMILES string of the molecule is CCC(NC(=O)n1ccnc1)c1cccs1. The lowest BCUT2D eigenvalue weighted by atomic mass is 10.2. The maximum Gasteiger partial charge on any atom is 0.327 e. The average molecular weight is 235 g/mol. The molecule has 1 atom stereocenters. The molecule has 16 heavy (non-hydrogen) atoms. The topological polar surface area (TPSA) is 46.9 Å². The van der Waals surface area contributed by atoms with Crippen molar-refractivity contribution in [1.82, 2.24) is 14.9 Å². The van der Waals surface area contributed by atoms with Crippen LogP contribution in [0.1, 0.15) is 24.3 Å². The zero-order valence-corrected chi connectivity index (χ0v) is 9.78. The van der Waals surface area contributed by atoms with Crippen LogP contribution in [0.3, 0.4) is 0 Å². The van der Waals surface area contributed by atoms with Gasteiger partial charge in [0, 0.05) is 17.3 Å². The first-order chi connectivity index (χ1) is 7.81. The van der Waals surface area contributed by atoms with Gasteiger partial charge in [-0.25, -0.2) is 9.78 Å². The second-order valence-corrected chi connectivity index (χ2v) is 4.37. The fourth-order valence-corrected chi connectivity index (χ4v) is 2.33. The van der Waals surface area contributed by atoms with Gasteiger partial charge in [-0.2, -0.15) is 0 Å². The quantitative estimate of drug-likeness (QED) is 0.889. The van der Waals surface area contributed by atoms with Crippen LogP contribution in [0.2, 0.25) is 0 Å². The van der Waals surface area contributed by atoms with Crippen LogP contribution in [0.15, 0.2) is 36.2 Å². The molecule has 0 aliphatic carbocycles. The predicted octanol–water partition coefficient (Wildman–Crippen LogP) is 2.65. The van der Waals surface area contributed by atoms with Crippen LogP contribution in [0.25, 0.3) is 0 Å². The Labute approximate surface area is 97.9 Å². The van der Waals surface area contributed by atoms with Crippen LogP contribution in [0.5, 0.6) is 0 Å². The van der Waals surface area contributed by atoms with Gasteiger partial charge in [-0.05, 0) is 17.9 Å². The highest BCUT2D eigenvalue weighted by molar-refractivity contribution is 7.10. The number of hydrogen-bond donors (Lipinski definition) is 1. The van der Waals surface area contributed by atoms with Crippen molar-refractivity contribution in [3.8, 4) is 0 Å². The molecule has 1 amide bonds. The van der Waals surface area contributed by atoms with E-state index in [1.54, 1.807) is 23.7 Å². The molecule has 2 heterocycles. The molecular weight excluding hydrogens is 222 g/mol. The largest absolute Gasteiger partial charge is 0.330 e. The molecule has 0 aromatic carbocycles. The van der Waals surface area contributed by atoms with Gasteiger partial charge in [0.15, 0.2) is 0 Å². The average Bonchev–Trinajstić information content (AvgIpc) is 2.96. The molecule has 2 aromatic rings. The fraction of sp³-hybridized carbons (Fsp3) is 0.273. The molecule has 0 spiro atoms. The van der Waals surface area contributed by atoms with Crippen molar-refractivity contribution in [3.63, 3.8) is 0 Å². The third-order valence-corrected chi connectivity index (χ3v) is 3.32. The van der Waals surface area contributed by atoms with Crippen LogP contribution in [-0.4, -0.2) is 15.6 Å². The summed E-state index contributed by atoms with van der Waals surface area (Å²) in [6.45, 7) is 2.05. The Morgan fingerprint density at radius 1 is 1.69 bits per heavy atom. The first kappa shape index (κ1) is 10.9. The summed E-state index contributed by atoms with van der Waals surface area (Å²) >= 11 is 1.66. The van der Waals surface area contributed by atoms with E-state index in [1.807, 2.05) is 17.5 Å². The Morgan fingerprint density at radius 2 is 2.56 bits per heavy atom. The third kappa shape index (κ3) is 2.30. The van der Waals surface area contributed by atoms with E-state index in [0.717, 1.165) is 6.42 Å². The van der Waals surface area contributed by atoms with Crippen LogP contribution < -0.4 is 5.32 Å². The first-order valence-electron chi connectivity index (χ1n) is 5.13. The van der Waals surface area contributed by atoms with Crippen molar-refractivity contribution < 1.29 is 4.79 Å². The van der Waals surface area contributed by atoms with Gasteiger partial charge in [-0.15, -0.1) is 11.3 Å². The molecule has 0 fully saturated rings. The van der Waals surface area contributed by atoms with Gasteiger partial charge in [0.25, 0.3) is 0 Å². The van der Waals surface area contributed by atoms with Gasteiger partial charge in [-0.3, -0.25) is 4.57 Å². The Balaban J connectivity index is 2.05. The van der Waals surface area contributed by atoms with Crippen molar-refractivity contribution in [2.75, 3.05) is 0 Å². The van der Waals surface area contributed by atoms with Crippen LogP contribution in [-0.2, 0) is 0 Å². The monoisotopic (exact) mass is 235 g/mol. The first-order valence-corrected chi connectivity index (χ1v) is 6.01. The Hall–Kier alpha value is -1.62. The minimum Gasteiger partial charge on any atom is -0.330 e. The minimum atomic E-state index is -0.141. The van der Waals surface area contributed by atoms with Crippen molar-refractivity contribution >= 4 is 17.4 Å². The van der Waals surface area contributed by atoms with Crippen molar-refractivity contribution in [3.05, 3.63) is 41.1 Å². The van der Waals surface area contributed by atoms with Crippen molar-refractivity contribution in [1.29, 1.82) is 0 Å². The Bertz CT molecular complexity index is 436. The normalized spacial score (nSPS) is 12.3. The van der Waals surface area contributed by atoms with Gasteiger partial charge in [0.2, 0.25) is 0 Å². The molecule has 4 nitrogen and oxygen atoms in total. The number of amides is 1. The van der Waals surface area contributed by atoms with Gasteiger partial charge < -0.3 is 5.32 Å². The summed E-state index contributed by atoms with van der Waals surface area (Å²) in [7, 11) is 0. The number of hydrogen-bond acceptors (Lipinski definition) is 3. The lowest BCUT2D eigenvalue weighted by Crippen LogP contribution is -2.30. The summed E-state index contributed by atoms with van der Waals surface area (Å²) in [6, 6.07) is 3.96. The summed E-state index contributed by atoms with van der Waals surface area (Å²) in [4.78, 5) is 16.8. The van der Waals surface area contributed by atoms with Crippen molar-refractivity contribution in [2.24, 2.45) is 0 Å². The third-order valence-electron chi connectivity index (χ3n) is 2.33. The molecule has 0 aliphatic heterocycles. The van der Waals surface area contributed by atoms with Crippen LogP contribution >= 0.6 is 11.3 Å². The maximum atomic E-state index is 11.8. The second kappa shape index (κ2) is 4.94. The lowest BCUT2D eigenvalue weighted by Gasteiger charge is -2.15. The Kier molecular flexibility index (Phi) is 3.36. The number of rotatable bonds is 3. The molecule has 1 N–H and O–H groups in total. The van der Waals surface area contributed by atoms with E-state index in [9.17, 15) is 4.79 Å². The van der Waals surface area contributed by atoms with Crippen LogP contribution in [0, 0.1) is 0 Å². The van der Waals surface area contributed by atoms with E-state index in [-0.39, 0.29) is 12.1 Å². The predicted molar refractivity (Wildman–Crippen MR) is 63.5 cm³/mol. The lowest BCUT2D eigenvalue weighted by molar-refractivity contribution is 0.238. The summed E-state index contributed by atoms with van der Waals surface area (Å²) in [6.07, 6.45) is 5.60. The van der Waals surface area contributed by atoms with Gasteiger partial charge in [-0.1, -0.05) is 13.0 Å². The van der Waals surface area contributed by atoms with Gasteiger partial charge in [0.1, 0.15) is 6.33 Å². The van der Waals surface area contributed by atoms with E-state index in [2.05, 4.69) is 17.2 Å². The maximum absolute atomic E-state index is 11.8. The highest BCUT2D eigenvalue weighted by Crippen LogP contribution is 2.21. The van der Waals surface area contributed by atoms with E-state index < -0.39 is 0 Å². The summed E-state index contributed by atoms with van der Waals surface area (Å²) in [5.41, 5.74) is 0. The summed E-state index contributed by atoms with van der Waals surface area (Å²) in [5, 5.41) is 4.98. The number of carbonyl (C=O) groups excluding carboxylic acids is 1. The smallest absolute Gasteiger partial charge is 0.327 e. The van der Waals surface area contributed by atoms with Crippen LogP contribution in [0.4, 0.5) is 4.79 Å². The number of nitrogens with zero attached hydrogens (tertiary/aromatic N) is 2. The highest BCUT2D eigenvalue weighted by Gasteiger charge is 2.13. The standard InChI is InChI=1S/C11H13N3OS/c1-2-9(10-4-3-7-16-10)13-11(15)14-6-5-12-8-14/h3-9H,2H2,1H3,(H,13,15). The summed E-state index contributed by atoms with van der Waals surface area (Å²) in [5.74, 6) is 0. The molecule has 0 saturated heterocycles. The molecule has 0 saturated carbocycles. The summed E-state index contributed by atoms with van der Waals surface area (Å²) < 4.78 is 1.44. The highest BCUT2D eigenvalue weighted by atomic mass is 32.1. The fourth-order valence-electron chi connectivity index (χ4n) is 1.47. The zero-order valence-electron chi connectivity index (χ0n) is 8.96. The number of aromatic nitrogens is 2. The van der Waals surface area contributed by atoms with E-state index in [0.29, 0.717) is 0 Å². The zero-order chi connectivity index (χ0) is 11.4. The number of carbonyl (C=O) groups is 1. The van der Waals surface area contributed by atoms with Crippen molar-refractivity contribution in [2.45, 2.75) is 19.4 Å². The van der Waals surface area contributed by atoms with Gasteiger partial charge in [0.05, 0.1) is 6.04 Å². The molecule has 0 bridgehead atoms.